The fraction of sp³-hybridized carbons (Fsp3) is 0.533. The number of carbonyl (C=O) groups is 1. The molecule has 1 saturated heterocycles. The number of rotatable bonds is 13. The van der Waals surface area contributed by atoms with Gasteiger partial charge in [-0.05, 0) is 82.2 Å². The van der Waals surface area contributed by atoms with Gasteiger partial charge in [-0.2, -0.15) is 8.42 Å². The third-order valence-electron chi connectivity index (χ3n) is 8.12. The average molecular weight is 630 g/mol. The fourth-order valence-electron chi connectivity index (χ4n) is 5.85. The standard InChI is InChI=1S/C30H40ClN7O4S/c1-30(2)19-22(20-33-30)9-6-16-32-24-10-5-11-27(34-24)43(40,41)37-29(39)23-12-13-25(35-28(23)31)38-17-14-26(36-38)42-18-15-21-7-3-4-8-21/h5,10-14,17,21-22,33H,3-4,6-9,15-16,18-20H2,1-2H3,(H,32,34)(H,37,39)/t22-/m0/s1. The Labute approximate surface area is 258 Å². The van der Waals surface area contributed by atoms with Gasteiger partial charge in [0.25, 0.3) is 15.9 Å². The van der Waals surface area contributed by atoms with Crippen molar-refractivity contribution in [3.63, 3.8) is 0 Å². The minimum atomic E-state index is -4.26. The third-order valence-corrected chi connectivity index (χ3v) is 9.64. The van der Waals surface area contributed by atoms with Gasteiger partial charge in [-0.25, -0.2) is 19.4 Å². The summed E-state index contributed by atoms with van der Waals surface area (Å²) in [7, 11) is -4.26. The minimum Gasteiger partial charge on any atom is -0.477 e. The maximum absolute atomic E-state index is 13.0. The molecular formula is C30H40ClN7O4S. The lowest BCUT2D eigenvalue weighted by molar-refractivity contribution is 0.0981. The molecule has 0 aromatic carbocycles. The van der Waals surface area contributed by atoms with Crippen LogP contribution >= 0.6 is 11.6 Å². The van der Waals surface area contributed by atoms with Crippen molar-refractivity contribution in [2.45, 2.75) is 75.8 Å². The van der Waals surface area contributed by atoms with Gasteiger partial charge in [0.1, 0.15) is 11.0 Å². The van der Waals surface area contributed by atoms with Crippen LogP contribution in [0, 0.1) is 11.8 Å². The number of pyridine rings is 2. The Kier molecular flexibility index (Phi) is 9.88. The molecule has 4 heterocycles. The predicted octanol–water partition coefficient (Wildman–Crippen LogP) is 4.97. The molecule has 1 atom stereocenters. The van der Waals surface area contributed by atoms with Crippen LogP contribution in [-0.2, 0) is 10.0 Å². The van der Waals surface area contributed by atoms with Crippen molar-refractivity contribution < 1.29 is 17.9 Å². The number of hydrogen-bond donors (Lipinski definition) is 3. The number of ether oxygens (including phenoxy) is 1. The van der Waals surface area contributed by atoms with E-state index in [9.17, 15) is 13.2 Å². The van der Waals surface area contributed by atoms with Crippen LogP contribution in [-0.4, -0.2) is 59.3 Å². The number of amides is 1. The minimum absolute atomic E-state index is 0.0898. The zero-order valence-electron chi connectivity index (χ0n) is 24.7. The van der Waals surface area contributed by atoms with E-state index < -0.39 is 15.9 Å². The lowest BCUT2D eigenvalue weighted by atomic mass is 9.94. The highest BCUT2D eigenvalue weighted by Gasteiger charge is 2.29. The van der Waals surface area contributed by atoms with Gasteiger partial charge < -0.3 is 15.4 Å². The maximum Gasteiger partial charge on any atom is 0.281 e. The molecule has 0 spiro atoms. The summed E-state index contributed by atoms with van der Waals surface area (Å²) in [4.78, 5) is 21.3. The molecule has 1 saturated carbocycles. The van der Waals surface area contributed by atoms with Crippen molar-refractivity contribution >= 4 is 33.3 Å². The molecular weight excluding hydrogens is 590 g/mol. The SMILES string of the molecule is CC1(C)C[C@H](CCCNc2cccc(S(=O)(=O)NC(=O)c3ccc(-n4ccc(OCCC5CCCC5)n4)nc3Cl)n2)CN1. The highest BCUT2D eigenvalue weighted by atomic mass is 35.5. The summed E-state index contributed by atoms with van der Waals surface area (Å²) < 4.78 is 35.3. The Morgan fingerprint density at radius 2 is 1.93 bits per heavy atom. The van der Waals surface area contributed by atoms with E-state index >= 15 is 0 Å². The van der Waals surface area contributed by atoms with Gasteiger partial charge in [0.15, 0.2) is 10.8 Å². The first-order chi connectivity index (χ1) is 20.6. The average Bonchev–Trinajstić information content (AvgIpc) is 3.73. The monoisotopic (exact) mass is 629 g/mol. The van der Waals surface area contributed by atoms with Gasteiger partial charge in [0.2, 0.25) is 5.88 Å². The van der Waals surface area contributed by atoms with Crippen molar-refractivity contribution in [2.75, 3.05) is 25.0 Å². The van der Waals surface area contributed by atoms with Crippen LogP contribution in [0.1, 0.15) is 75.6 Å². The van der Waals surface area contributed by atoms with E-state index in [0.717, 1.165) is 38.1 Å². The quantitative estimate of drug-likeness (QED) is 0.176. The molecule has 0 unspecified atom stereocenters. The zero-order chi connectivity index (χ0) is 30.5. The van der Waals surface area contributed by atoms with E-state index in [4.69, 9.17) is 16.3 Å². The molecule has 1 aliphatic heterocycles. The van der Waals surface area contributed by atoms with Gasteiger partial charge in [-0.1, -0.05) is 43.4 Å². The second kappa shape index (κ2) is 13.6. The Morgan fingerprint density at radius 3 is 2.67 bits per heavy atom. The largest absolute Gasteiger partial charge is 0.477 e. The van der Waals surface area contributed by atoms with Gasteiger partial charge in [0, 0.05) is 24.3 Å². The van der Waals surface area contributed by atoms with Crippen LogP contribution in [0.5, 0.6) is 5.88 Å². The van der Waals surface area contributed by atoms with Gasteiger partial charge >= 0.3 is 0 Å². The van der Waals surface area contributed by atoms with Crippen molar-refractivity contribution in [1.29, 1.82) is 0 Å². The van der Waals surface area contributed by atoms with Crippen molar-refractivity contribution in [3.8, 4) is 11.7 Å². The van der Waals surface area contributed by atoms with Crippen LogP contribution in [0.3, 0.4) is 0 Å². The second-order valence-electron chi connectivity index (χ2n) is 12.1. The summed E-state index contributed by atoms with van der Waals surface area (Å²) in [6.07, 6.45) is 11.0. The molecule has 3 aromatic rings. The molecule has 0 bridgehead atoms. The molecule has 3 N–H and O–H groups in total. The summed E-state index contributed by atoms with van der Waals surface area (Å²) in [5.74, 6) is 1.71. The molecule has 3 aromatic heterocycles. The van der Waals surface area contributed by atoms with E-state index in [0.29, 0.717) is 36.6 Å². The Morgan fingerprint density at radius 1 is 1.12 bits per heavy atom. The molecule has 0 radical (unpaired) electrons. The van der Waals surface area contributed by atoms with E-state index in [2.05, 4.69) is 39.5 Å². The number of sulfonamides is 1. The molecule has 13 heteroatoms. The molecule has 2 aliphatic rings. The zero-order valence-corrected chi connectivity index (χ0v) is 26.3. The fourth-order valence-corrected chi connectivity index (χ4v) is 7.02. The Hall–Kier alpha value is -3.22. The van der Waals surface area contributed by atoms with Crippen molar-refractivity contribution in [2.24, 2.45) is 11.8 Å². The van der Waals surface area contributed by atoms with E-state index in [-0.39, 0.29) is 21.3 Å². The lowest BCUT2D eigenvalue weighted by Crippen LogP contribution is -2.31. The summed E-state index contributed by atoms with van der Waals surface area (Å²) in [5, 5.41) is 10.7. The van der Waals surface area contributed by atoms with Crippen LogP contribution in [0.25, 0.3) is 5.82 Å². The van der Waals surface area contributed by atoms with E-state index in [1.807, 2.05) is 4.72 Å². The number of hydrogen-bond acceptors (Lipinski definition) is 9. The van der Waals surface area contributed by atoms with Crippen LogP contribution < -0.4 is 20.1 Å². The number of nitrogens with zero attached hydrogens (tertiary/aromatic N) is 4. The van der Waals surface area contributed by atoms with Crippen molar-refractivity contribution in [1.82, 2.24) is 29.8 Å². The van der Waals surface area contributed by atoms with Crippen molar-refractivity contribution in [3.05, 3.63) is 53.3 Å². The molecule has 1 aliphatic carbocycles. The number of anilines is 1. The first-order valence-corrected chi connectivity index (χ1v) is 16.8. The molecule has 11 nitrogen and oxygen atoms in total. The summed E-state index contributed by atoms with van der Waals surface area (Å²) in [6.45, 7) is 6.71. The number of halogens is 1. The first kappa shape index (κ1) is 31.2. The van der Waals surface area contributed by atoms with E-state index in [1.165, 1.54) is 48.6 Å². The smallest absolute Gasteiger partial charge is 0.281 e. The number of nitrogens with one attached hydrogen (secondary N) is 3. The van der Waals surface area contributed by atoms with Gasteiger partial charge in [0.05, 0.1) is 12.2 Å². The maximum atomic E-state index is 13.0. The summed E-state index contributed by atoms with van der Waals surface area (Å²) in [6, 6.07) is 9.29. The van der Waals surface area contributed by atoms with Crippen LogP contribution in [0.2, 0.25) is 5.15 Å². The number of carbonyl (C=O) groups excluding carboxylic acids is 1. The molecule has 2 fully saturated rings. The molecule has 232 valence electrons. The lowest BCUT2D eigenvalue weighted by Gasteiger charge is -2.17. The predicted molar refractivity (Wildman–Crippen MR) is 165 cm³/mol. The second-order valence-corrected chi connectivity index (χ2v) is 14.1. The van der Waals surface area contributed by atoms with Crippen LogP contribution in [0.15, 0.2) is 47.6 Å². The molecule has 1 amide bonds. The summed E-state index contributed by atoms with van der Waals surface area (Å²) >= 11 is 6.30. The Balaban J connectivity index is 1.14. The highest BCUT2D eigenvalue weighted by Crippen LogP contribution is 2.28. The molecule has 5 rings (SSSR count). The van der Waals surface area contributed by atoms with E-state index in [1.54, 1.807) is 24.4 Å². The first-order valence-electron chi connectivity index (χ1n) is 15.0. The topological polar surface area (TPSA) is 140 Å². The summed E-state index contributed by atoms with van der Waals surface area (Å²) in [5.41, 5.74) is 0.0927. The van der Waals surface area contributed by atoms with Gasteiger partial charge in [-0.3, -0.25) is 4.79 Å². The van der Waals surface area contributed by atoms with Gasteiger partial charge in [-0.15, -0.1) is 5.10 Å². The third kappa shape index (κ3) is 8.45. The molecule has 43 heavy (non-hydrogen) atoms. The normalized spacial score (nSPS) is 18.5. The highest BCUT2D eigenvalue weighted by molar-refractivity contribution is 7.90. The Bertz CT molecular complexity index is 1520. The van der Waals surface area contributed by atoms with Crippen LogP contribution in [0.4, 0.5) is 5.82 Å². The number of aromatic nitrogens is 4.